The topological polar surface area (TPSA) is 311 Å². The number of nitrogens with zero attached hydrogens (tertiary/aromatic N) is 12. The average Bonchev–Trinajstić information content (AvgIpc) is 4.33. The molecule has 2 aliphatic rings. The van der Waals surface area contributed by atoms with E-state index in [0.717, 1.165) is 0 Å². The lowest BCUT2D eigenvalue weighted by Crippen LogP contribution is -2.52. The number of Topliss-reactive ketones (excluding diaryl/α,β-unsaturated/α-hetero) is 2. The van der Waals surface area contributed by atoms with E-state index in [-0.39, 0.29) is 132 Å². The first-order valence-electron chi connectivity index (χ1n) is 23.3. The van der Waals surface area contributed by atoms with Gasteiger partial charge in [-0.2, -0.15) is 9.36 Å². The zero-order valence-corrected chi connectivity index (χ0v) is 40.1. The first kappa shape index (κ1) is 48.5. The number of hydrogen-bond donors (Lipinski definition) is 4. The predicted octanol–water partition coefficient (Wildman–Crippen LogP) is 1.07. The number of rotatable bonds is 14. The van der Waals surface area contributed by atoms with Gasteiger partial charge in [0.25, 0.3) is 47.0 Å². The zero-order chi connectivity index (χ0) is 52.3. The smallest absolute Gasteiger partial charge is 0.295 e. The predicted molar refractivity (Wildman–Crippen MR) is 261 cm³/mol. The fraction of sp³-hybridized carbons (Fsp3) is 0.224. The normalized spacial score (nSPS) is 13.7. The minimum Gasteiger partial charge on any atom is -0.494 e. The monoisotopic (exact) mass is 1020 g/mol. The van der Waals surface area contributed by atoms with Crippen molar-refractivity contribution in [3.8, 4) is 23.1 Å². The van der Waals surface area contributed by atoms with E-state index >= 15 is 0 Å². The molecule has 380 valence electrons. The van der Waals surface area contributed by atoms with E-state index in [1.165, 1.54) is 70.8 Å². The van der Waals surface area contributed by atoms with Crippen LogP contribution in [0.25, 0.3) is 33.4 Å². The number of fused-ring (bicyclic) bond motifs is 2. The van der Waals surface area contributed by atoms with E-state index < -0.39 is 41.9 Å². The summed E-state index contributed by atoms with van der Waals surface area (Å²) in [5, 5.41) is 14.0. The van der Waals surface area contributed by atoms with Gasteiger partial charge < -0.3 is 49.7 Å². The molecule has 0 bridgehead atoms. The minimum atomic E-state index is -0.809. The Morgan fingerprint density at radius 1 is 0.520 bits per heavy atom. The Morgan fingerprint density at radius 2 is 0.893 bits per heavy atom. The number of benzene rings is 2. The Balaban J connectivity index is 0.756. The molecule has 0 atom stereocenters. The van der Waals surface area contributed by atoms with E-state index in [1.54, 1.807) is 58.3 Å². The molecule has 8 aromatic rings. The van der Waals surface area contributed by atoms with Crippen LogP contribution in [0.15, 0.2) is 98.1 Å². The van der Waals surface area contributed by atoms with Crippen LogP contribution in [0, 0.1) is 0 Å². The van der Waals surface area contributed by atoms with Crippen molar-refractivity contribution in [2.75, 3.05) is 73.2 Å². The third kappa shape index (κ3) is 9.33. The number of ketones is 2. The molecule has 0 unspecified atom stereocenters. The van der Waals surface area contributed by atoms with Crippen molar-refractivity contribution in [1.82, 2.24) is 79.7 Å². The first-order chi connectivity index (χ1) is 36.4. The molecule has 26 nitrogen and oxygen atoms in total. The van der Waals surface area contributed by atoms with Crippen LogP contribution in [0.5, 0.6) is 11.5 Å². The number of piperazine rings is 2. The fourth-order valence-electron chi connectivity index (χ4n) is 8.79. The Bertz CT molecular complexity index is 3320. The minimum absolute atomic E-state index is 0.0141. The molecule has 8 heterocycles. The van der Waals surface area contributed by atoms with E-state index in [2.05, 4.69) is 50.7 Å². The molecule has 10 rings (SSSR count). The lowest BCUT2D eigenvalue weighted by molar-refractivity contribution is -0.128. The molecule has 0 aliphatic carbocycles. The van der Waals surface area contributed by atoms with Crippen molar-refractivity contribution in [3.05, 3.63) is 132 Å². The fourth-order valence-corrected chi connectivity index (χ4v) is 8.79. The highest BCUT2D eigenvalue weighted by Gasteiger charge is 2.34. The van der Waals surface area contributed by atoms with Gasteiger partial charge >= 0.3 is 0 Å². The van der Waals surface area contributed by atoms with Gasteiger partial charge in [0.05, 0.1) is 66.2 Å². The maximum Gasteiger partial charge on any atom is 0.295 e. The van der Waals surface area contributed by atoms with Gasteiger partial charge in [0, 0.05) is 75.9 Å². The molecule has 0 radical (unpaired) electrons. The number of hydrogen-bond acceptors (Lipinski definition) is 16. The average molecular weight is 1020 g/mol. The maximum atomic E-state index is 13.7. The second kappa shape index (κ2) is 20.5. The lowest BCUT2D eigenvalue weighted by atomic mass is 10.1. The van der Waals surface area contributed by atoms with Gasteiger partial charge in [-0.1, -0.05) is 36.4 Å². The van der Waals surface area contributed by atoms with Crippen LogP contribution in [0.1, 0.15) is 62.7 Å². The molecule has 4 N–H and O–H groups in total. The molecule has 2 fully saturated rings. The van der Waals surface area contributed by atoms with E-state index in [0.29, 0.717) is 11.1 Å². The van der Waals surface area contributed by atoms with Crippen LogP contribution in [0.3, 0.4) is 0 Å². The number of nitrogens with one attached hydrogen (secondary N) is 4. The SMILES string of the molecule is COc1cnc(-n2cnc(C(=O)NCNC(=O)c3ncn(-c4ncc(OC)c5c(C(=O)C(=O)N6CCN(C(=O)c7ccccc7)CC6)c[nH]c45)n3)n2)c2[nH]cc(C(=O)C(=O)N3CCN(C(=O)c4ccccc4)CC3)c12. The van der Waals surface area contributed by atoms with Gasteiger partial charge in [-0.25, -0.2) is 19.9 Å². The number of H-pyrrole nitrogens is 2. The number of pyridine rings is 2. The van der Waals surface area contributed by atoms with Crippen molar-refractivity contribution in [1.29, 1.82) is 0 Å². The summed E-state index contributed by atoms with van der Waals surface area (Å²) < 4.78 is 13.4. The van der Waals surface area contributed by atoms with Crippen molar-refractivity contribution >= 4 is 68.8 Å². The van der Waals surface area contributed by atoms with Gasteiger partial charge in [0.15, 0.2) is 11.6 Å². The van der Waals surface area contributed by atoms with Gasteiger partial charge in [-0.3, -0.25) is 38.4 Å². The Morgan fingerprint density at radius 3 is 1.27 bits per heavy atom. The van der Waals surface area contributed by atoms with Gasteiger partial charge in [-0.15, -0.1) is 10.2 Å². The van der Waals surface area contributed by atoms with Crippen LogP contribution in [0.4, 0.5) is 0 Å². The zero-order valence-electron chi connectivity index (χ0n) is 40.1. The molecule has 75 heavy (non-hydrogen) atoms. The van der Waals surface area contributed by atoms with Crippen molar-refractivity contribution in [2.24, 2.45) is 0 Å². The van der Waals surface area contributed by atoms with Crippen molar-refractivity contribution < 1.29 is 47.8 Å². The van der Waals surface area contributed by atoms with Crippen LogP contribution in [0.2, 0.25) is 0 Å². The molecule has 6 amide bonds. The first-order valence-corrected chi connectivity index (χ1v) is 23.3. The van der Waals surface area contributed by atoms with Crippen LogP contribution < -0.4 is 20.1 Å². The van der Waals surface area contributed by atoms with E-state index in [4.69, 9.17) is 9.47 Å². The van der Waals surface area contributed by atoms with Crippen molar-refractivity contribution in [3.63, 3.8) is 0 Å². The Labute approximate surface area is 423 Å². The standard InChI is InChI=1S/C49H44N16O10/c1-74-32-23-52-42(36-34(32)30(21-50-36)38(66)48(72)62-17-13-60(14-18-62)46(70)28-9-5-3-6-10-28)64-26-56-40(58-64)44(68)54-25-55-45(69)41-57-27-65(59-41)43-37-35(33(75-2)24-53-43)31(22-51-37)39(67)49(73)63-19-15-61(16-20-63)47(71)29-11-7-4-8-12-29/h3-12,21-24,26-27,50-51H,13-20,25H2,1-2H3,(H,54,68)(H,55,69). The highest BCUT2D eigenvalue weighted by molar-refractivity contribution is 6.46. The number of methoxy groups -OCH3 is 2. The molecular weight excluding hydrogens is 973 g/mol. The lowest BCUT2D eigenvalue weighted by Gasteiger charge is -2.34. The molecule has 2 aromatic carbocycles. The molecule has 6 aromatic heterocycles. The molecular formula is C49H44N16O10. The molecule has 0 saturated carbocycles. The summed E-state index contributed by atoms with van der Waals surface area (Å²) in [4.78, 5) is 136. The summed E-state index contributed by atoms with van der Waals surface area (Å²) in [5.41, 5.74) is 1.60. The van der Waals surface area contributed by atoms with Crippen LogP contribution in [-0.2, 0) is 9.59 Å². The van der Waals surface area contributed by atoms with Crippen molar-refractivity contribution in [2.45, 2.75) is 0 Å². The van der Waals surface area contributed by atoms with Gasteiger partial charge in [-0.05, 0) is 24.3 Å². The summed E-state index contributed by atoms with van der Waals surface area (Å²) in [6.07, 6.45) is 7.82. The third-order valence-corrected chi connectivity index (χ3v) is 12.7. The molecule has 0 spiro atoms. The quantitative estimate of drug-likeness (QED) is 0.0673. The number of carbonyl (C=O) groups excluding carboxylic acids is 8. The number of amides is 6. The number of aromatic amines is 2. The molecule has 2 saturated heterocycles. The maximum absolute atomic E-state index is 13.7. The highest BCUT2D eigenvalue weighted by atomic mass is 16.5. The number of ether oxygens (including phenoxy) is 2. The number of carbonyl (C=O) groups is 8. The Hall–Kier alpha value is -10.1. The molecule has 2 aliphatic heterocycles. The molecule has 26 heteroatoms. The third-order valence-electron chi connectivity index (χ3n) is 12.7. The summed E-state index contributed by atoms with van der Waals surface area (Å²) in [5.74, 6) is -5.02. The van der Waals surface area contributed by atoms with Crippen LogP contribution >= 0.6 is 0 Å². The summed E-state index contributed by atoms with van der Waals surface area (Å²) in [7, 11) is 2.77. The summed E-state index contributed by atoms with van der Waals surface area (Å²) in [6.45, 7) is 1.23. The summed E-state index contributed by atoms with van der Waals surface area (Å²) in [6, 6.07) is 17.6. The largest absolute Gasteiger partial charge is 0.494 e. The van der Waals surface area contributed by atoms with E-state index in [1.807, 2.05) is 12.1 Å². The summed E-state index contributed by atoms with van der Waals surface area (Å²) >= 11 is 0. The van der Waals surface area contributed by atoms with Gasteiger partial charge in [0.2, 0.25) is 11.6 Å². The second-order valence-electron chi connectivity index (χ2n) is 17.0. The second-order valence-corrected chi connectivity index (χ2v) is 17.0. The highest BCUT2D eigenvalue weighted by Crippen LogP contribution is 2.33. The van der Waals surface area contributed by atoms with E-state index in [9.17, 15) is 38.4 Å². The number of aromatic nitrogens is 10. The van der Waals surface area contributed by atoms with Gasteiger partial charge in [0.1, 0.15) is 24.2 Å². The Kier molecular flexibility index (Phi) is 13.3. The van der Waals surface area contributed by atoms with Crippen LogP contribution in [-0.4, -0.2) is 189 Å².